The molecule has 0 bridgehead atoms. The number of likely N-dealkylation sites (N-methyl/N-ethyl adjacent to an activating group) is 1. The fourth-order valence-electron chi connectivity index (χ4n) is 4.28. The molecule has 272 valence electrons. The summed E-state index contributed by atoms with van der Waals surface area (Å²) in [6, 6.07) is 0. The van der Waals surface area contributed by atoms with E-state index in [2.05, 4.69) is 74.6 Å². The fraction of sp³-hybridized carbons (Fsp3) is 0.711. The minimum atomic E-state index is -4.27. The Kier molecular flexibility index (Phi) is 30.3. The first-order chi connectivity index (χ1) is 22.6. The normalized spacial score (nSPS) is 14.8. The largest absolute Gasteiger partial charge is 0.472 e. The number of rotatable bonds is 32. The van der Waals surface area contributed by atoms with Crippen molar-refractivity contribution in [3.05, 3.63) is 60.8 Å². The zero-order valence-corrected chi connectivity index (χ0v) is 31.4. The number of hydrogen-bond acceptors (Lipinski definition) is 6. The van der Waals surface area contributed by atoms with Crippen molar-refractivity contribution in [2.75, 3.05) is 54.1 Å². The van der Waals surface area contributed by atoms with E-state index in [1.54, 1.807) is 0 Å². The second-order valence-electron chi connectivity index (χ2n) is 12.9. The number of unbranched alkanes of at least 4 members (excludes halogenated alkanes) is 8. The molecule has 0 saturated carbocycles. The Morgan fingerprint density at radius 2 is 1.23 bits per heavy atom. The molecule has 8 nitrogen and oxygen atoms in total. The van der Waals surface area contributed by atoms with Gasteiger partial charge in [0.2, 0.25) is 0 Å². The van der Waals surface area contributed by atoms with E-state index < -0.39 is 13.9 Å². The summed E-state index contributed by atoms with van der Waals surface area (Å²) in [5.41, 5.74) is 0. The molecular formula is C38H69NO7P+. The maximum Gasteiger partial charge on any atom is 0.472 e. The van der Waals surface area contributed by atoms with Gasteiger partial charge in [0, 0.05) is 13.0 Å². The molecule has 0 spiro atoms. The Balaban J connectivity index is 4.34. The number of carbonyl (C=O) groups excluding carboxylic acids is 1. The van der Waals surface area contributed by atoms with Gasteiger partial charge in [-0.1, -0.05) is 113 Å². The van der Waals surface area contributed by atoms with Gasteiger partial charge < -0.3 is 18.9 Å². The number of phosphoric ester groups is 1. The second-order valence-corrected chi connectivity index (χ2v) is 14.3. The van der Waals surface area contributed by atoms with Crippen LogP contribution in [0.15, 0.2) is 60.8 Å². The van der Waals surface area contributed by atoms with Crippen LogP contribution in [-0.2, 0) is 27.9 Å². The van der Waals surface area contributed by atoms with Crippen LogP contribution in [0, 0.1) is 0 Å². The molecule has 47 heavy (non-hydrogen) atoms. The van der Waals surface area contributed by atoms with Gasteiger partial charge in [-0.2, -0.15) is 0 Å². The maximum atomic E-state index is 12.5. The van der Waals surface area contributed by atoms with Crippen molar-refractivity contribution in [1.29, 1.82) is 0 Å². The predicted molar refractivity (Wildman–Crippen MR) is 196 cm³/mol. The molecule has 9 heteroatoms. The van der Waals surface area contributed by atoms with Gasteiger partial charge in [-0.05, 0) is 57.8 Å². The van der Waals surface area contributed by atoms with Crippen molar-refractivity contribution in [2.24, 2.45) is 0 Å². The molecule has 0 aliphatic heterocycles. The van der Waals surface area contributed by atoms with Crippen LogP contribution >= 0.6 is 7.82 Å². The van der Waals surface area contributed by atoms with Crippen molar-refractivity contribution in [1.82, 2.24) is 0 Å². The van der Waals surface area contributed by atoms with Crippen LogP contribution in [0.5, 0.6) is 0 Å². The quantitative estimate of drug-likeness (QED) is 0.0248. The lowest BCUT2D eigenvalue weighted by Gasteiger charge is -2.24. The number of phosphoric acid groups is 1. The maximum absolute atomic E-state index is 12.5. The minimum Gasteiger partial charge on any atom is -0.457 e. The van der Waals surface area contributed by atoms with E-state index in [1.165, 1.54) is 25.7 Å². The molecular weight excluding hydrogens is 613 g/mol. The van der Waals surface area contributed by atoms with Crippen molar-refractivity contribution in [2.45, 2.75) is 123 Å². The van der Waals surface area contributed by atoms with E-state index in [4.69, 9.17) is 18.5 Å². The highest BCUT2D eigenvalue weighted by Crippen LogP contribution is 2.43. The predicted octanol–water partition coefficient (Wildman–Crippen LogP) is 9.82. The molecule has 0 rings (SSSR count). The van der Waals surface area contributed by atoms with E-state index in [9.17, 15) is 14.3 Å². The summed E-state index contributed by atoms with van der Waals surface area (Å²) >= 11 is 0. The average molecular weight is 683 g/mol. The summed E-state index contributed by atoms with van der Waals surface area (Å²) in [5, 5.41) is 0. The molecule has 0 aromatic heterocycles. The number of ether oxygens (including phenoxy) is 2. The van der Waals surface area contributed by atoms with Gasteiger partial charge >= 0.3 is 13.8 Å². The number of quaternary nitrogens is 1. The van der Waals surface area contributed by atoms with Crippen molar-refractivity contribution < 1.29 is 37.3 Å². The molecule has 0 aromatic carbocycles. The lowest BCUT2D eigenvalue weighted by atomic mass is 10.1. The first-order valence-electron chi connectivity index (χ1n) is 18.0. The third-order valence-corrected chi connectivity index (χ3v) is 8.08. The smallest absolute Gasteiger partial charge is 0.457 e. The van der Waals surface area contributed by atoms with E-state index in [0.29, 0.717) is 24.1 Å². The van der Waals surface area contributed by atoms with Gasteiger partial charge in [0.15, 0.2) is 0 Å². The van der Waals surface area contributed by atoms with Crippen LogP contribution in [0.1, 0.15) is 117 Å². The van der Waals surface area contributed by atoms with Crippen molar-refractivity contribution in [3.8, 4) is 0 Å². The van der Waals surface area contributed by atoms with Crippen LogP contribution in [-0.4, -0.2) is 75.6 Å². The van der Waals surface area contributed by atoms with Crippen molar-refractivity contribution in [3.63, 3.8) is 0 Å². The number of esters is 1. The topological polar surface area (TPSA) is 91.3 Å². The molecule has 1 N–H and O–H groups in total. The summed E-state index contributed by atoms with van der Waals surface area (Å²) in [6.45, 7) is 5.31. The number of hydrogen-bond donors (Lipinski definition) is 1. The van der Waals surface area contributed by atoms with Crippen LogP contribution in [0.2, 0.25) is 0 Å². The number of carbonyl (C=O) groups is 1. The third-order valence-electron chi connectivity index (χ3n) is 7.09. The van der Waals surface area contributed by atoms with Gasteiger partial charge in [0.1, 0.15) is 19.3 Å². The van der Waals surface area contributed by atoms with E-state index in [1.807, 2.05) is 21.1 Å². The molecule has 0 radical (unpaired) electrons. The highest BCUT2D eigenvalue weighted by molar-refractivity contribution is 7.47. The number of allylic oxidation sites excluding steroid dienone is 10. The minimum absolute atomic E-state index is 0.0778. The monoisotopic (exact) mass is 682 g/mol. The summed E-state index contributed by atoms with van der Waals surface area (Å²) in [4.78, 5) is 22.6. The SMILES string of the molecule is CC/C=C\C/C=C\C/C=C\C/C=C\C/C=C\CCCCOCC(COP(=O)(O)OCC[N+](C)(C)C)OC(=O)CCCCCCCCC. The molecule has 2 unspecified atom stereocenters. The molecule has 2 atom stereocenters. The zero-order valence-electron chi connectivity index (χ0n) is 30.5. The molecule has 0 amide bonds. The first kappa shape index (κ1) is 45.2. The Bertz CT molecular complexity index is 937. The summed E-state index contributed by atoms with van der Waals surface area (Å²) in [6.07, 6.45) is 37.0. The van der Waals surface area contributed by atoms with Gasteiger partial charge in [0.25, 0.3) is 0 Å². The summed E-state index contributed by atoms with van der Waals surface area (Å²) < 4.78 is 34.6. The van der Waals surface area contributed by atoms with Crippen LogP contribution in [0.25, 0.3) is 0 Å². The van der Waals surface area contributed by atoms with Crippen LogP contribution < -0.4 is 0 Å². The summed E-state index contributed by atoms with van der Waals surface area (Å²) in [5.74, 6) is -0.340. The third kappa shape index (κ3) is 35.3. The average Bonchev–Trinajstić information content (AvgIpc) is 3.01. The molecule has 0 fully saturated rings. The Morgan fingerprint density at radius 1 is 0.681 bits per heavy atom. The number of nitrogens with zero attached hydrogens (tertiary/aromatic N) is 1. The van der Waals surface area contributed by atoms with Gasteiger partial charge in [-0.3, -0.25) is 13.8 Å². The Hall–Kier alpha value is -1.80. The van der Waals surface area contributed by atoms with E-state index in [-0.39, 0.29) is 25.8 Å². The van der Waals surface area contributed by atoms with E-state index in [0.717, 1.165) is 70.6 Å². The molecule has 0 aliphatic rings. The van der Waals surface area contributed by atoms with E-state index >= 15 is 0 Å². The van der Waals surface area contributed by atoms with Crippen LogP contribution in [0.4, 0.5) is 0 Å². The van der Waals surface area contributed by atoms with Crippen LogP contribution in [0.3, 0.4) is 0 Å². The highest BCUT2D eigenvalue weighted by atomic mass is 31.2. The standard InChI is InChI=1S/C38H68NO7P/c1-6-8-10-12-14-15-16-17-18-19-20-21-22-23-24-26-28-30-33-43-35-37(36-45-47(41,42)44-34-32-39(3,4)5)46-38(40)31-29-27-25-13-11-9-7-2/h8,10,14-15,17-18,20-21,23-24,37H,6-7,9,11-13,16,19,22,25-36H2,1-5H3/p+1/b10-8-,15-14-,18-17-,21-20-,24-23-. The van der Waals surface area contributed by atoms with Gasteiger partial charge in [-0.15, -0.1) is 0 Å². The second kappa shape index (κ2) is 31.5. The zero-order chi connectivity index (χ0) is 34.9. The van der Waals surface area contributed by atoms with Gasteiger partial charge in [0.05, 0.1) is 34.4 Å². The summed E-state index contributed by atoms with van der Waals surface area (Å²) in [7, 11) is 1.63. The highest BCUT2D eigenvalue weighted by Gasteiger charge is 2.26. The molecule has 0 saturated heterocycles. The Morgan fingerprint density at radius 3 is 1.81 bits per heavy atom. The molecule has 0 heterocycles. The lowest BCUT2D eigenvalue weighted by molar-refractivity contribution is -0.870. The first-order valence-corrected chi connectivity index (χ1v) is 19.5. The molecule has 0 aliphatic carbocycles. The Labute approximate surface area is 288 Å². The van der Waals surface area contributed by atoms with Crippen molar-refractivity contribution >= 4 is 13.8 Å². The molecule has 0 aromatic rings. The fourth-order valence-corrected chi connectivity index (χ4v) is 5.02. The van der Waals surface area contributed by atoms with Gasteiger partial charge in [-0.25, -0.2) is 4.57 Å². The lowest BCUT2D eigenvalue weighted by Crippen LogP contribution is -2.37.